The van der Waals surface area contributed by atoms with Crippen LogP contribution in [0.5, 0.6) is 0 Å². The van der Waals surface area contributed by atoms with Gasteiger partial charge in [-0.15, -0.1) is 11.8 Å². The molecule has 0 N–H and O–H groups in total. The van der Waals surface area contributed by atoms with E-state index in [1.807, 2.05) is 11.8 Å². The molecule has 31 heavy (non-hydrogen) atoms. The van der Waals surface area contributed by atoms with E-state index in [2.05, 4.69) is 97.0 Å². The molecule has 1 aliphatic rings. The van der Waals surface area contributed by atoms with Gasteiger partial charge in [0.05, 0.1) is 11.7 Å². The average molecular weight is 435 g/mol. The Morgan fingerprint density at radius 3 is 2.10 bits per heavy atom. The van der Waals surface area contributed by atoms with Crippen LogP contribution in [0.2, 0.25) is 0 Å². The van der Waals surface area contributed by atoms with Crippen molar-refractivity contribution in [3.63, 3.8) is 0 Å². The van der Waals surface area contributed by atoms with Crippen LogP contribution < -0.4 is 0 Å². The van der Waals surface area contributed by atoms with Gasteiger partial charge in [-0.05, 0) is 47.0 Å². The van der Waals surface area contributed by atoms with Gasteiger partial charge in [-0.25, -0.2) is 4.99 Å². The third kappa shape index (κ3) is 5.88. The Hall–Kier alpha value is -1.87. The molecular weight excluding hydrogens is 396 g/mol. The molecule has 2 aromatic rings. The third-order valence-electron chi connectivity index (χ3n) is 5.95. The van der Waals surface area contributed by atoms with Crippen LogP contribution in [0.4, 0.5) is 5.69 Å². The zero-order chi connectivity index (χ0) is 22.6. The molecule has 0 radical (unpaired) electrons. The molecule has 0 spiro atoms. The topological polar surface area (TPSA) is 24.7 Å². The molecule has 1 heterocycles. The second-order valence-electron chi connectivity index (χ2n) is 10.2. The Balaban J connectivity index is 2.25. The first kappa shape index (κ1) is 23.8. The summed E-state index contributed by atoms with van der Waals surface area (Å²) in [5.41, 5.74) is 6.08. The molecule has 3 rings (SSSR count). The predicted molar refractivity (Wildman–Crippen MR) is 140 cm³/mol. The summed E-state index contributed by atoms with van der Waals surface area (Å²) in [4.78, 5) is 10.7. The summed E-state index contributed by atoms with van der Waals surface area (Å²) < 4.78 is 0. The Bertz CT molecular complexity index is 907. The molecule has 1 atom stereocenters. The van der Waals surface area contributed by atoms with Crippen LogP contribution in [0.1, 0.15) is 89.8 Å². The van der Waals surface area contributed by atoms with E-state index < -0.39 is 0 Å². The standard InChI is InChI=1S/C28H38N2S/c1-19(2)22-15-11-16-23(20(3)4)26(22)30-25(21-13-9-8-10-14-21)27-29-24(28(5,6)7)17-12-18-31-27/h8-11,13-16,19-20,24H,12,17-18H2,1-7H3/b30-25+/t24-/m1/s1. The summed E-state index contributed by atoms with van der Waals surface area (Å²) in [6.45, 7) is 15.9. The summed E-state index contributed by atoms with van der Waals surface area (Å²) >= 11 is 1.87. The minimum absolute atomic E-state index is 0.150. The lowest BCUT2D eigenvalue weighted by Gasteiger charge is -2.27. The van der Waals surface area contributed by atoms with Crippen molar-refractivity contribution >= 4 is 28.2 Å². The Labute approximate surface area is 193 Å². The van der Waals surface area contributed by atoms with Crippen LogP contribution in [0.25, 0.3) is 0 Å². The molecule has 2 aromatic carbocycles. The van der Waals surface area contributed by atoms with Gasteiger partial charge in [0, 0.05) is 5.56 Å². The van der Waals surface area contributed by atoms with E-state index in [1.165, 1.54) is 17.5 Å². The Morgan fingerprint density at radius 1 is 0.935 bits per heavy atom. The Kier molecular flexibility index (Phi) is 7.80. The summed E-state index contributed by atoms with van der Waals surface area (Å²) in [5, 5.41) is 1.09. The van der Waals surface area contributed by atoms with Crippen molar-refractivity contribution < 1.29 is 0 Å². The number of hydrogen-bond donors (Lipinski definition) is 0. The van der Waals surface area contributed by atoms with Gasteiger partial charge in [0.1, 0.15) is 10.8 Å². The maximum absolute atomic E-state index is 5.42. The molecule has 166 valence electrons. The van der Waals surface area contributed by atoms with Crippen LogP contribution >= 0.6 is 11.8 Å². The second kappa shape index (κ2) is 10.2. The van der Waals surface area contributed by atoms with Crippen LogP contribution in [-0.2, 0) is 0 Å². The van der Waals surface area contributed by atoms with Gasteiger partial charge in [-0.3, -0.25) is 4.99 Å². The smallest absolute Gasteiger partial charge is 0.117 e. The van der Waals surface area contributed by atoms with Gasteiger partial charge in [0.15, 0.2) is 0 Å². The number of benzene rings is 2. The highest BCUT2D eigenvalue weighted by Gasteiger charge is 2.28. The fourth-order valence-electron chi connectivity index (χ4n) is 4.03. The summed E-state index contributed by atoms with van der Waals surface area (Å²) in [5.74, 6) is 1.93. The van der Waals surface area contributed by atoms with E-state index >= 15 is 0 Å². The summed E-state index contributed by atoms with van der Waals surface area (Å²) in [6, 6.07) is 17.6. The first-order chi connectivity index (χ1) is 14.7. The van der Waals surface area contributed by atoms with Gasteiger partial charge in [0.25, 0.3) is 0 Å². The number of para-hydroxylation sites is 1. The predicted octanol–water partition coefficient (Wildman–Crippen LogP) is 8.39. The molecular formula is C28H38N2S. The van der Waals surface area contributed by atoms with Gasteiger partial charge < -0.3 is 0 Å². The van der Waals surface area contributed by atoms with Crippen molar-refractivity contribution in [2.45, 2.75) is 79.2 Å². The van der Waals surface area contributed by atoms with E-state index in [0.717, 1.165) is 34.2 Å². The first-order valence-electron chi connectivity index (χ1n) is 11.7. The van der Waals surface area contributed by atoms with E-state index in [9.17, 15) is 0 Å². The fourth-order valence-corrected chi connectivity index (χ4v) is 5.04. The maximum atomic E-state index is 5.42. The highest BCUT2D eigenvalue weighted by Crippen LogP contribution is 2.37. The highest BCUT2D eigenvalue weighted by molar-refractivity contribution is 8.15. The number of rotatable bonds is 5. The SMILES string of the molecule is CC(C)c1cccc(C(C)C)c1/N=C(/C1=N[C@@H](C(C)(C)C)CCCS1)c1ccccc1. The van der Waals surface area contributed by atoms with E-state index in [-0.39, 0.29) is 5.41 Å². The lowest BCUT2D eigenvalue weighted by Crippen LogP contribution is -2.26. The summed E-state index contributed by atoms with van der Waals surface area (Å²) in [6.07, 6.45) is 2.34. The molecule has 0 unspecified atom stereocenters. The number of nitrogens with zero attached hydrogens (tertiary/aromatic N) is 2. The van der Waals surface area contributed by atoms with Crippen LogP contribution in [0, 0.1) is 5.41 Å². The molecule has 0 bridgehead atoms. The molecule has 0 saturated carbocycles. The van der Waals surface area contributed by atoms with E-state index in [0.29, 0.717) is 17.9 Å². The lowest BCUT2D eigenvalue weighted by molar-refractivity contribution is 0.308. The average Bonchev–Trinajstić information content (AvgIpc) is 2.98. The van der Waals surface area contributed by atoms with Crippen LogP contribution in [0.3, 0.4) is 0 Å². The van der Waals surface area contributed by atoms with E-state index in [1.54, 1.807) is 0 Å². The van der Waals surface area contributed by atoms with Gasteiger partial charge in [0.2, 0.25) is 0 Å². The van der Waals surface area contributed by atoms with Crippen molar-refractivity contribution in [3.8, 4) is 0 Å². The number of thioether (sulfide) groups is 1. The normalized spacial score (nSPS) is 18.3. The lowest BCUT2D eigenvalue weighted by atomic mass is 9.84. The molecule has 0 fully saturated rings. The van der Waals surface area contributed by atoms with Crippen LogP contribution in [-0.4, -0.2) is 22.6 Å². The second-order valence-corrected chi connectivity index (χ2v) is 11.3. The first-order valence-corrected chi connectivity index (χ1v) is 12.6. The molecule has 1 aliphatic heterocycles. The van der Waals surface area contributed by atoms with E-state index in [4.69, 9.17) is 9.98 Å². The van der Waals surface area contributed by atoms with Gasteiger partial charge in [-0.2, -0.15) is 0 Å². The number of aliphatic imine (C=N–C) groups is 2. The molecule has 0 amide bonds. The van der Waals surface area contributed by atoms with Crippen LogP contribution in [0.15, 0.2) is 58.5 Å². The number of hydrogen-bond acceptors (Lipinski definition) is 3. The highest BCUT2D eigenvalue weighted by atomic mass is 32.2. The Morgan fingerprint density at radius 2 is 1.55 bits per heavy atom. The van der Waals surface area contributed by atoms with Crippen molar-refractivity contribution in [2.24, 2.45) is 15.4 Å². The third-order valence-corrected chi connectivity index (χ3v) is 7.01. The largest absolute Gasteiger partial charge is 0.272 e. The monoisotopic (exact) mass is 434 g/mol. The maximum Gasteiger partial charge on any atom is 0.117 e. The fraction of sp³-hybridized carbons (Fsp3) is 0.500. The minimum Gasteiger partial charge on any atom is -0.272 e. The zero-order valence-electron chi connectivity index (χ0n) is 20.3. The molecule has 0 saturated heterocycles. The minimum atomic E-state index is 0.150. The molecule has 0 aromatic heterocycles. The molecule has 0 aliphatic carbocycles. The van der Waals surface area contributed by atoms with Crippen molar-refractivity contribution in [2.75, 3.05) is 5.75 Å². The zero-order valence-corrected chi connectivity index (χ0v) is 21.1. The van der Waals surface area contributed by atoms with Crippen molar-refractivity contribution in [1.82, 2.24) is 0 Å². The molecule has 3 heteroatoms. The molecule has 2 nitrogen and oxygen atoms in total. The quantitative estimate of drug-likeness (QED) is 0.434. The summed E-state index contributed by atoms with van der Waals surface area (Å²) in [7, 11) is 0. The van der Waals surface area contributed by atoms with Gasteiger partial charge >= 0.3 is 0 Å². The van der Waals surface area contributed by atoms with Gasteiger partial charge in [-0.1, -0.05) is 97.0 Å². The van der Waals surface area contributed by atoms with Crippen molar-refractivity contribution in [1.29, 1.82) is 0 Å². The van der Waals surface area contributed by atoms with Crippen molar-refractivity contribution in [3.05, 3.63) is 65.2 Å².